The van der Waals surface area contributed by atoms with E-state index >= 15 is 0 Å². The lowest BCUT2D eigenvalue weighted by atomic mass is 10.1. The quantitative estimate of drug-likeness (QED) is 0.499. The summed E-state index contributed by atoms with van der Waals surface area (Å²) in [6.45, 7) is 6.08. The summed E-state index contributed by atoms with van der Waals surface area (Å²) >= 11 is 0. The molecule has 10 heteroatoms. The molecule has 2 heterocycles. The van der Waals surface area contributed by atoms with E-state index in [0.29, 0.717) is 10.5 Å². The Morgan fingerprint density at radius 3 is 2.45 bits per heavy atom. The summed E-state index contributed by atoms with van der Waals surface area (Å²) in [5.41, 5.74) is -0.265. The number of hydrogen-bond donors (Lipinski definition) is 2. The lowest BCUT2D eigenvalue weighted by Gasteiger charge is -2.28. The molecule has 162 valence electrons. The molecule has 0 spiro atoms. The molecule has 0 unspecified atom stereocenters. The van der Waals surface area contributed by atoms with Crippen LogP contribution in [0.4, 0.5) is 21.2 Å². The van der Waals surface area contributed by atoms with Gasteiger partial charge in [0.05, 0.1) is 13.2 Å². The van der Waals surface area contributed by atoms with E-state index in [1.165, 1.54) is 6.07 Å². The molecular formula is C19H31N5O5. The first-order valence-corrected chi connectivity index (χ1v) is 10.3. The number of piperidine rings is 1. The van der Waals surface area contributed by atoms with Crippen LogP contribution in [0.2, 0.25) is 0 Å². The Kier molecular flexibility index (Phi) is 9.26. The summed E-state index contributed by atoms with van der Waals surface area (Å²) in [4.78, 5) is 34.0. The Bertz CT molecular complexity index is 743. The third-order valence-corrected chi connectivity index (χ3v) is 4.45. The van der Waals surface area contributed by atoms with Crippen LogP contribution >= 0.6 is 0 Å². The van der Waals surface area contributed by atoms with E-state index in [4.69, 9.17) is 9.47 Å². The molecule has 0 aromatic carbocycles. The lowest BCUT2D eigenvalue weighted by molar-refractivity contribution is 0.145. The van der Waals surface area contributed by atoms with E-state index in [-0.39, 0.29) is 24.6 Å². The minimum Gasteiger partial charge on any atom is -0.449 e. The molecule has 2 rings (SSSR count). The second-order valence-corrected chi connectivity index (χ2v) is 6.85. The minimum absolute atomic E-state index is 0.0159. The number of amides is 2. The molecule has 1 aliphatic rings. The highest BCUT2D eigenvalue weighted by atomic mass is 16.6. The third-order valence-electron chi connectivity index (χ3n) is 4.45. The molecule has 0 saturated carbocycles. The SMILES string of the molecule is CCCCOC(=O)/N=c1\nc(N2CCCCC2)cc(NC(=O)OCCCC)n1O. The van der Waals surface area contributed by atoms with Gasteiger partial charge in [-0.1, -0.05) is 26.7 Å². The van der Waals surface area contributed by atoms with Gasteiger partial charge in [-0.05, 0) is 32.1 Å². The highest BCUT2D eigenvalue weighted by molar-refractivity contribution is 5.83. The average Bonchev–Trinajstić information content (AvgIpc) is 2.72. The van der Waals surface area contributed by atoms with E-state index < -0.39 is 12.2 Å². The smallest absolute Gasteiger partial charge is 0.437 e. The van der Waals surface area contributed by atoms with Crippen molar-refractivity contribution in [2.24, 2.45) is 4.99 Å². The van der Waals surface area contributed by atoms with Gasteiger partial charge < -0.3 is 19.6 Å². The molecule has 1 aromatic rings. The van der Waals surface area contributed by atoms with Crippen LogP contribution in [-0.4, -0.2) is 53.4 Å². The van der Waals surface area contributed by atoms with Gasteiger partial charge in [0, 0.05) is 19.2 Å². The van der Waals surface area contributed by atoms with Crippen LogP contribution in [0.3, 0.4) is 0 Å². The van der Waals surface area contributed by atoms with Crippen molar-refractivity contribution in [1.29, 1.82) is 0 Å². The van der Waals surface area contributed by atoms with Crippen molar-refractivity contribution in [3.8, 4) is 0 Å². The monoisotopic (exact) mass is 409 g/mol. The zero-order valence-corrected chi connectivity index (χ0v) is 17.2. The molecular weight excluding hydrogens is 378 g/mol. The number of hydrogen-bond acceptors (Lipinski definition) is 7. The maximum Gasteiger partial charge on any atom is 0.437 e. The molecule has 2 amide bonds. The van der Waals surface area contributed by atoms with E-state index in [2.05, 4.69) is 15.3 Å². The number of nitrogens with zero attached hydrogens (tertiary/aromatic N) is 4. The summed E-state index contributed by atoms with van der Waals surface area (Å²) in [5, 5.41) is 12.9. The summed E-state index contributed by atoms with van der Waals surface area (Å²) in [7, 11) is 0. The number of carbonyl (C=O) groups is 2. The number of nitrogens with one attached hydrogen (secondary N) is 1. The van der Waals surface area contributed by atoms with E-state index in [9.17, 15) is 14.8 Å². The molecule has 0 atom stereocenters. The topological polar surface area (TPSA) is 118 Å². The first-order valence-electron chi connectivity index (χ1n) is 10.3. The summed E-state index contributed by atoms with van der Waals surface area (Å²) in [6, 6.07) is 1.54. The van der Waals surface area contributed by atoms with Crippen LogP contribution in [0.25, 0.3) is 0 Å². The number of aromatic nitrogens is 2. The van der Waals surface area contributed by atoms with Crippen LogP contribution < -0.4 is 15.8 Å². The van der Waals surface area contributed by atoms with Gasteiger partial charge in [0.2, 0.25) is 0 Å². The van der Waals surface area contributed by atoms with E-state index in [1.807, 2.05) is 18.7 Å². The van der Waals surface area contributed by atoms with E-state index in [1.54, 1.807) is 0 Å². The van der Waals surface area contributed by atoms with Gasteiger partial charge in [0.1, 0.15) is 5.82 Å². The van der Waals surface area contributed by atoms with Gasteiger partial charge >= 0.3 is 12.2 Å². The standard InChI is InChI=1S/C19H31N5O5/c1-3-5-12-28-18(25)21-16-14-15(23-10-8-7-9-11-23)20-17(24(16)27)22-19(26)29-13-6-4-2/h14,27H,3-13H2,1-2H3,(H,21,25)/b22-17+. The van der Waals surface area contributed by atoms with Gasteiger partial charge in [0.25, 0.3) is 5.62 Å². The highest BCUT2D eigenvalue weighted by Gasteiger charge is 2.17. The van der Waals surface area contributed by atoms with Crippen molar-refractivity contribution < 1.29 is 24.3 Å². The number of ether oxygens (including phenoxy) is 2. The fourth-order valence-electron chi connectivity index (χ4n) is 2.79. The van der Waals surface area contributed by atoms with Gasteiger partial charge in [0.15, 0.2) is 5.82 Å². The highest BCUT2D eigenvalue weighted by Crippen LogP contribution is 2.19. The van der Waals surface area contributed by atoms with Gasteiger partial charge in [-0.3, -0.25) is 5.32 Å². The van der Waals surface area contributed by atoms with Crippen LogP contribution in [0.5, 0.6) is 0 Å². The predicted octanol–water partition coefficient (Wildman–Crippen LogP) is 3.30. The van der Waals surface area contributed by atoms with Crippen LogP contribution in [0, 0.1) is 0 Å². The molecule has 1 aliphatic heterocycles. The second kappa shape index (κ2) is 11.9. The summed E-state index contributed by atoms with van der Waals surface area (Å²) in [6.07, 6.45) is 4.86. The normalized spacial score (nSPS) is 14.6. The van der Waals surface area contributed by atoms with Crippen LogP contribution in [-0.2, 0) is 9.47 Å². The molecule has 1 aromatic heterocycles. The van der Waals surface area contributed by atoms with Crippen molar-refractivity contribution in [3.05, 3.63) is 11.7 Å². The molecule has 29 heavy (non-hydrogen) atoms. The zero-order chi connectivity index (χ0) is 21.1. The minimum atomic E-state index is -0.846. The van der Waals surface area contributed by atoms with Crippen molar-refractivity contribution in [1.82, 2.24) is 9.71 Å². The predicted molar refractivity (Wildman–Crippen MR) is 107 cm³/mol. The lowest BCUT2D eigenvalue weighted by Crippen LogP contribution is -2.35. The van der Waals surface area contributed by atoms with Gasteiger partial charge in [-0.15, -0.1) is 9.72 Å². The Morgan fingerprint density at radius 2 is 1.79 bits per heavy atom. The maximum absolute atomic E-state index is 12.0. The average molecular weight is 409 g/mol. The third kappa shape index (κ3) is 7.28. The van der Waals surface area contributed by atoms with Crippen molar-refractivity contribution in [3.63, 3.8) is 0 Å². The molecule has 1 saturated heterocycles. The number of carbonyl (C=O) groups excluding carboxylic acids is 2. The number of unbranched alkanes of at least 4 members (excludes halogenated alkanes) is 2. The Balaban J connectivity index is 2.27. The maximum atomic E-state index is 12.0. The fraction of sp³-hybridized carbons (Fsp3) is 0.684. The Morgan fingerprint density at radius 1 is 1.14 bits per heavy atom. The first kappa shape index (κ1) is 22.5. The second-order valence-electron chi connectivity index (χ2n) is 6.85. The molecule has 0 bridgehead atoms. The molecule has 2 N–H and O–H groups in total. The largest absolute Gasteiger partial charge is 0.449 e. The molecule has 0 aliphatic carbocycles. The van der Waals surface area contributed by atoms with Crippen molar-refractivity contribution in [2.75, 3.05) is 36.5 Å². The summed E-state index contributed by atoms with van der Waals surface area (Å²) < 4.78 is 10.7. The summed E-state index contributed by atoms with van der Waals surface area (Å²) in [5.74, 6) is 0.529. The van der Waals surface area contributed by atoms with Crippen molar-refractivity contribution in [2.45, 2.75) is 58.8 Å². The number of anilines is 2. The van der Waals surface area contributed by atoms with E-state index in [0.717, 1.165) is 58.0 Å². The molecule has 1 fully saturated rings. The molecule has 10 nitrogen and oxygen atoms in total. The van der Waals surface area contributed by atoms with Gasteiger partial charge in [-0.25, -0.2) is 9.59 Å². The van der Waals surface area contributed by atoms with Crippen LogP contribution in [0.15, 0.2) is 11.1 Å². The zero-order valence-electron chi connectivity index (χ0n) is 17.2. The Hall–Kier alpha value is -2.78. The Labute approximate surface area is 170 Å². The first-order chi connectivity index (χ1) is 14.0. The molecule has 0 radical (unpaired) electrons. The van der Waals surface area contributed by atoms with Crippen molar-refractivity contribution >= 4 is 23.8 Å². The number of rotatable bonds is 8. The van der Waals surface area contributed by atoms with Crippen LogP contribution in [0.1, 0.15) is 58.8 Å². The fourth-order valence-corrected chi connectivity index (χ4v) is 2.79. The van der Waals surface area contributed by atoms with Gasteiger partial charge in [-0.2, -0.15) is 4.98 Å².